The van der Waals surface area contributed by atoms with Crippen molar-refractivity contribution in [2.24, 2.45) is 0 Å². The number of aryl methyl sites for hydroxylation is 3. The van der Waals surface area contributed by atoms with Gasteiger partial charge in [0, 0.05) is 16.7 Å². The maximum absolute atomic E-state index is 14.4. The first-order chi connectivity index (χ1) is 13.3. The second-order valence-corrected chi connectivity index (χ2v) is 6.92. The van der Waals surface area contributed by atoms with E-state index in [4.69, 9.17) is 0 Å². The lowest BCUT2D eigenvalue weighted by Crippen LogP contribution is -1.93. The maximum Gasteiger partial charge on any atom is 0.143 e. The zero-order chi connectivity index (χ0) is 20.3. The SMILES string of the molecule is Cc1ccc(C#Cc2c(F)cc(C#Cc3cc(C)c(C)c(C)c3)cc2F)cc1. The van der Waals surface area contributed by atoms with E-state index >= 15 is 0 Å². The predicted molar refractivity (Wildman–Crippen MR) is 110 cm³/mol. The fourth-order valence-electron chi connectivity index (χ4n) is 2.79. The summed E-state index contributed by atoms with van der Waals surface area (Å²) in [5.74, 6) is 9.81. The zero-order valence-corrected chi connectivity index (χ0v) is 16.4. The van der Waals surface area contributed by atoms with E-state index in [-0.39, 0.29) is 11.1 Å². The van der Waals surface area contributed by atoms with Crippen LogP contribution >= 0.6 is 0 Å². The van der Waals surface area contributed by atoms with Gasteiger partial charge in [-0.2, -0.15) is 0 Å². The van der Waals surface area contributed by atoms with E-state index in [1.165, 1.54) is 17.7 Å². The number of halogens is 2. The molecule has 3 aromatic carbocycles. The standard InChI is InChI=1S/C26H20F2/c1-17-5-7-21(8-6-17)11-12-24-25(27)15-23(16-26(24)28)10-9-22-13-18(2)20(4)19(3)14-22/h5-8,13-16H,1-4H3. The Morgan fingerprint density at radius 3 is 1.57 bits per heavy atom. The van der Waals surface area contributed by atoms with Crippen LogP contribution in [0.2, 0.25) is 0 Å². The van der Waals surface area contributed by atoms with E-state index < -0.39 is 11.6 Å². The van der Waals surface area contributed by atoms with E-state index in [2.05, 4.69) is 30.6 Å². The fourth-order valence-corrected chi connectivity index (χ4v) is 2.79. The van der Waals surface area contributed by atoms with Crippen LogP contribution in [0.4, 0.5) is 8.78 Å². The molecule has 0 unspecified atom stereocenters. The topological polar surface area (TPSA) is 0 Å². The van der Waals surface area contributed by atoms with E-state index in [1.807, 2.05) is 57.2 Å². The van der Waals surface area contributed by atoms with Crippen LogP contribution in [0, 0.1) is 63.0 Å². The summed E-state index contributed by atoms with van der Waals surface area (Å²) in [5.41, 5.74) is 6.18. The minimum Gasteiger partial charge on any atom is -0.205 e. The van der Waals surface area contributed by atoms with Gasteiger partial charge in [-0.05, 0) is 80.8 Å². The minimum absolute atomic E-state index is 0.242. The number of rotatable bonds is 0. The Hall–Kier alpha value is -3.36. The van der Waals surface area contributed by atoms with Gasteiger partial charge in [-0.3, -0.25) is 0 Å². The van der Waals surface area contributed by atoms with Gasteiger partial charge in [0.1, 0.15) is 11.6 Å². The molecule has 0 nitrogen and oxygen atoms in total. The van der Waals surface area contributed by atoms with Crippen molar-refractivity contribution in [3.8, 4) is 23.7 Å². The van der Waals surface area contributed by atoms with Crippen LogP contribution < -0.4 is 0 Å². The third-order valence-corrected chi connectivity index (χ3v) is 4.70. The van der Waals surface area contributed by atoms with Crippen molar-refractivity contribution in [1.82, 2.24) is 0 Å². The molecule has 0 radical (unpaired) electrons. The molecule has 0 amide bonds. The molecular formula is C26H20F2. The van der Waals surface area contributed by atoms with Crippen molar-refractivity contribution in [2.75, 3.05) is 0 Å². The van der Waals surface area contributed by atoms with Crippen molar-refractivity contribution in [3.63, 3.8) is 0 Å². The van der Waals surface area contributed by atoms with E-state index in [0.29, 0.717) is 5.56 Å². The van der Waals surface area contributed by atoms with Gasteiger partial charge < -0.3 is 0 Å². The average Bonchev–Trinajstić information content (AvgIpc) is 2.65. The van der Waals surface area contributed by atoms with E-state index in [0.717, 1.165) is 22.3 Å². The highest BCUT2D eigenvalue weighted by Crippen LogP contribution is 2.16. The lowest BCUT2D eigenvalue weighted by atomic mass is 10.0. The predicted octanol–water partition coefficient (Wildman–Crippen LogP) is 6.00. The highest BCUT2D eigenvalue weighted by atomic mass is 19.1. The molecule has 0 saturated carbocycles. The smallest absolute Gasteiger partial charge is 0.143 e. The molecule has 28 heavy (non-hydrogen) atoms. The first kappa shape index (κ1) is 19.4. The second-order valence-electron chi connectivity index (χ2n) is 6.92. The van der Waals surface area contributed by atoms with Crippen molar-refractivity contribution in [3.05, 3.63) is 105 Å². The quantitative estimate of drug-likeness (QED) is 0.426. The first-order valence-electron chi connectivity index (χ1n) is 9.01. The van der Waals surface area contributed by atoms with Gasteiger partial charge in [0.2, 0.25) is 0 Å². The number of hydrogen-bond donors (Lipinski definition) is 0. The van der Waals surface area contributed by atoms with Crippen LogP contribution in [0.3, 0.4) is 0 Å². The normalized spacial score (nSPS) is 9.93. The Morgan fingerprint density at radius 1 is 0.571 bits per heavy atom. The van der Waals surface area contributed by atoms with E-state index in [9.17, 15) is 8.78 Å². The lowest BCUT2D eigenvalue weighted by molar-refractivity contribution is 0.577. The van der Waals surface area contributed by atoms with Crippen molar-refractivity contribution >= 4 is 0 Å². The van der Waals surface area contributed by atoms with Crippen LogP contribution in [-0.4, -0.2) is 0 Å². The summed E-state index contributed by atoms with van der Waals surface area (Å²) in [7, 11) is 0. The summed E-state index contributed by atoms with van der Waals surface area (Å²) in [5, 5.41) is 0. The summed E-state index contributed by atoms with van der Waals surface area (Å²) < 4.78 is 28.7. The summed E-state index contributed by atoms with van der Waals surface area (Å²) >= 11 is 0. The monoisotopic (exact) mass is 370 g/mol. The molecule has 0 aliphatic heterocycles. The van der Waals surface area contributed by atoms with Crippen LogP contribution in [0.1, 0.15) is 44.5 Å². The van der Waals surface area contributed by atoms with Crippen molar-refractivity contribution < 1.29 is 8.78 Å². The molecule has 0 aromatic heterocycles. The highest BCUT2D eigenvalue weighted by molar-refractivity contribution is 5.51. The van der Waals surface area contributed by atoms with Gasteiger partial charge >= 0.3 is 0 Å². The van der Waals surface area contributed by atoms with Crippen LogP contribution in [0.5, 0.6) is 0 Å². The molecule has 0 N–H and O–H groups in total. The molecule has 138 valence electrons. The van der Waals surface area contributed by atoms with Gasteiger partial charge in [-0.15, -0.1) is 0 Å². The average molecular weight is 370 g/mol. The largest absolute Gasteiger partial charge is 0.205 e. The Balaban J connectivity index is 1.90. The fraction of sp³-hybridized carbons (Fsp3) is 0.154. The molecule has 3 rings (SSSR count). The summed E-state index contributed by atoms with van der Waals surface area (Å²) in [6.07, 6.45) is 0. The number of hydrogen-bond acceptors (Lipinski definition) is 0. The lowest BCUT2D eigenvalue weighted by Gasteiger charge is -2.04. The summed E-state index contributed by atoms with van der Waals surface area (Å²) in [6, 6.07) is 13.9. The summed E-state index contributed by atoms with van der Waals surface area (Å²) in [4.78, 5) is 0. The second kappa shape index (κ2) is 8.12. The molecular weight excluding hydrogens is 350 g/mol. The Kier molecular flexibility index (Phi) is 5.62. The van der Waals surface area contributed by atoms with Gasteiger partial charge in [0.15, 0.2) is 0 Å². The maximum atomic E-state index is 14.4. The molecule has 0 aliphatic rings. The molecule has 0 bridgehead atoms. The third kappa shape index (κ3) is 4.48. The zero-order valence-electron chi connectivity index (χ0n) is 16.4. The molecule has 0 saturated heterocycles. The Labute approximate surface area is 165 Å². The minimum atomic E-state index is -0.708. The molecule has 0 aliphatic carbocycles. The highest BCUT2D eigenvalue weighted by Gasteiger charge is 2.08. The molecule has 3 aromatic rings. The van der Waals surface area contributed by atoms with Crippen molar-refractivity contribution in [2.45, 2.75) is 27.7 Å². The third-order valence-electron chi connectivity index (χ3n) is 4.70. The van der Waals surface area contributed by atoms with E-state index in [1.54, 1.807) is 0 Å². The van der Waals surface area contributed by atoms with Crippen LogP contribution in [-0.2, 0) is 0 Å². The molecule has 2 heteroatoms. The number of benzene rings is 3. The van der Waals surface area contributed by atoms with Gasteiger partial charge in [-0.25, -0.2) is 8.78 Å². The van der Waals surface area contributed by atoms with Crippen LogP contribution in [0.25, 0.3) is 0 Å². The Bertz CT molecular complexity index is 1120. The molecule has 0 fully saturated rings. The van der Waals surface area contributed by atoms with Gasteiger partial charge in [0.25, 0.3) is 0 Å². The van der Waals surface area contributed by atoms with Gasteiger partial charge in [0.05, 0.1) is 5.56 Å². The molecule has 0 atom stereocenters. The molecule has 0 heterocycles. The van der Waals surface area contributed by atoms with Crippen molar-refractivity contribution in [1.29, 1.82) is 0 Å². The first-order valence-corrected chi connectivity index (χ1v) is 9.01. The van der Waals surface area contributed by atoms with Crippen LogP contribution in [0.15, 0.2) is 48.5 Å². The van der Waals surface area contributed by atoms with Gasteiger partial charge in [-0.1, -0.05) is 41.4 Å². The summed E-state index contributed by atoms with van der Waals surface area (Å²) in [6.45, 7) is 8.07. The Morgan fingerprint density at radius 2 is 1.04 bits per heavy atom. The molecule has 0 spiro atoms.